The fourth-order valence-corrected chi connectivity index (χ4v) is 4.27. The Balaban J connectivity index is 0.00000208. The first-order valence-corrected chi connectivity index (χ1v) is 8.55. The largest absolute Gasteiger partial charge is 0.389 e. The summed E-state index contributed by atoms with van der Waals surface area (Å²) >= 11 is 0. The van der Waals surface area contributed by atoms with Crippen molar-refractivity contribution in [3.8, 4) is 0 Å². The molecule has 4 N–H and O–H groups in total. The van der Waals surface area contributed by atoms with Crippen LogP contribution in [0.15, 0.2) is 0 Å². The van der Waals surface area contributed by atoms with Crippen molar-refractivity contribution >= 4 is 30.0 Å². The van der Waals surface area contributed by atoms with Gasteiger partial charge in [0.25, 0.3) is 0 Å². The zero-order chi connectivity index (χ0) is 16.4. The van der Waals surface area contributed by atoms with E-state index in [0.717, 1.165) is 25.8 Å². The van der Waals surface area contributed by atoms with Gasteiger partial charge < -0.3 is 21.1 Å². The molecule has 24 heavy (non-hydrogen) atoms. The Morgan fingerprint density at radius 2 is 2.08 bits per heavy atom. The highest BCUT2D eigenvalue weighted by atomic mass is 35.5. The average molecular weight is 360 g/mol. The van der Waals surface area contributed by atoms with E-state index in [-0.39, 0.29) is 42.6 Å². The third-order valence-electron chi connectivity index (χ3n) is 5.57. The molecule has 1 saturated carbocycles. The number of aliphatic hydroxyl groups is 1. The topological polar surface area (TPSA) is 108 Å². The van der Waals surface area contributed by atoms with Gasteiger partial charge in [0.1, 0.15) is 6.61 Å². The molecule has 5 atom stereocenters. The maximum atomic E-state index is 12.6. The highest BCUT2D eigenvalue weighted by Gasteiger charge is 2.43. The Hall–Kier alpha value is -1.18. The van der Waals surface area contributed by atoms with Crippen molar-refractivity contribution in [3.63, 3.8) is 0 Å². The standard InChI is InChI=1S/C16H25N3O4.ClH/c20-8-13(21)12(6-9-4-5-17-15(9)22)19-16(23)14-11-3-1-2-10(11)7-18-14;/h9-12,14,18,20H,1-8H2,(H,17,22)(H,19,23);1H/t9-,10-,11-,12-,14-;/m0./s1. The number of carbonyl (C=O) groups is 3. The van der Waals surface area contributed by atoms with Gasteiger partial charge in [-0.15, -0.1) is 12.4 Å². The molecule has 2 aliphatic heterocycles. The number of rotatable bonds is 6. The minimum Gasteiger partial charge on any atom is -0.389 e. The Bertz CT molecular complexity index is 502. The van der Waals surface area contributed by atoms with Gasteiger partial charge in [-0.1, -0.05) is 6.42 Å². The second-order valence-electron chi connectivity index (χ2n) is 6.94. The van der Waals surface area contributed by atoms with Crippen molar-refractivity contribution in [2.75, 3.05) is 19.7 Å². The summed E-state index contributed by atoms with van der Waals surface area (Å²) in [5, 5.41) is 17.9. The van der Waals surface area contributed by atoms with Crippen molar-refractivity contribution in [3.05, 3.63) is 0 Å². The van der Waals surface area contributed by atoms with Gasteiger partial charge in [-0.2, -0.15) is 0 Å². The van der Waals surface area contributed by atoms with Crippen molar-refractivity contribution in [2.45, 2.75) is 44.2 Å². The van der Waals surface area contributed by atoms with E-state index >= 15 is 0 Å². The molecule has 0 radical (unpaired) electrons. The van der Waals surface area contributed by atoms with E-state index in [1.165, 1.54) is 0 Å². The van der Waals surface area contributed by atoms with Crippen molar-refractivity contribution < 1.29 is 19.5 Å². The molecule has 2 heterocycles. The molecular weight excluding hydrogens is 334 g/mol. The summed E-state index contributed by atoms with van der Waals surface area (Å²) in [5.41, 5.74) is 0. The van der Waals surface area contributed by atoms with Crippen LogP contribution in [0.25, 0.3) is 0 Å². The average Bonchev–Trinajstić information content (AvgIpc) is 3.23. The highest BCUT2D eigenvalue weighted by Crippen LogP contribution is 2.37. The molecule has 3 rings (SSSR count). The van der Waals surface area contributed by atoms with E-state index in [0.29, 0.717) is 24.8 Å². The summed E-state index contributed by atoms with van der Waals surface area (Å²) in [4.78, 5) is 36.2. The molecule has 8 heteroatoms. The Labute approximate surface area is 147 Å². The van der Waals surface area contributed by atoms with E-state index in [2.05, 4.69) is 16.0 Å². The van der Waals surface area contributed by atoms with Crippen LogP contribution in [0.3, 0.4) is 0 Å². The number of carbonyl (C=O) groups excluding carboxylic acids is 3. The lowest BCUT2D eigenvalue weighted by atomic mass is 9.92. The maximum Gasteiger partial charge on any atom is 0.238 e. The first kappa shape index (κ1) is 19.1. The van der Waals surface area contributed by atoms with Crippen LogP contribution >= 0.6 is 12.4 Å². The van der Waals surface area contributed by atoms with Crippen LogP contribution in [0.4, 0.5) is 0 Å². The van der Waals surface area contributed by atoms with Crippen LogP contribution in [0, 0.1) is 17.8 Å². The number of fused-ring (bicyclic) bond motifs is 1. The Kier molecular flexibility index (Phi) is 6.60. The van der Waals surface area contributed by atoms with E-state index in [1.54, 1.807) is 0 Å². The van der Waals surface area contributed by atoms with E-state index in [4.69, 9.17) is 5.11 Å². The van der Waals surface area contributed by atoms with Gasteiger partial charge in [-0.3, -0.25) is 14.4 Å². The number of hydrogen-bond donors (Lipinski definition) is 4. The van der Waals surface area contributed by atoms with E-state index < -0.39 is 18.4 Å². The van der Waals surface area contributed by atoms with E-state index in [1.807, 2.05) is 0 Å². The summed E-state index contributed by atoms with van der Waals surface area (Å²) in [6.07, 6.45) is 4.28. The number of amides is 2. The molecular formula is C16H26ClN3O4. The van der Waals surface area contributed by atoms with E-state index in [9.17, 15) is 14.4 Å². The normalized spacial score (nSPS) is 32.6. The number of Topliss-reactive ketones (excluding diaryl/α,β-unsaturated/α-hetero) is 1. The molecule has 3 fully saturated rings. The third-order valence-corrected chi connectivity index (χ3v) is 5.57. The molecule has 7 nitrogen and oxygen atoms in total. The molecule has 0 spiro atoms. The first-order chi connectivity index (χ1) is 11.1. The SMILES string of the molecule is Cl.O=C1NCC[C@H]1C[C@H](NC(=O)[C@H]1NC[C@@H]2CCC[C@@H]21)C(=O)CO. The summed E-state index contributed by atoms with van der Waals surface area (Å²) in [5.74, 6) is -0.0620. The predicted molar refractivity (Wildman–Crippen MR) is 89.6 cm³/mol. The maximum absolute atomic E-state index is 12.6. The molecule has 2 saturated heterocycles. The van der Waals surface area contributed by atoms with Gasteiger partial charge in [0.15, 0.2) is 5.78 Å². The third kappa shape index (κ3) is 3.90. The molecule has 2 amide bonds. The lowest BCUT2D eigenvalue weighted by Crippen LogP contribution is -2.51. The van der Waals surface area contributed by atoms with Gasteiger partial charge in [-0.05, 0) is 44.1 Å². The molecule has 0 bridgehead atoms. The minimum atomic E-state index is -0.788. The monoisotopic (exact) mass is 359 g/mol. The van der Waals surface area contributed by atoms with Gasteiger partial charge in [0.2, 0.25) is 11.8 Å². The molecule has 0 aromatic heterocycles. The Morgan fingerprint density at radius 3 is 2.75 bits per heavy atom. The first-order valence-electron chi connectivity index (χ1n) is 8.55. The fraction of sp³-hybridized carbons (Fsp3) is 0.812. The zero-order valence-electron chi connectivity index (χ0n) is 13.6. The minimum absolute atomic E-state index is 0. The van der Waals surface area contributed by atoms with Gasteiger partial charge in [0.05, 0.1) is 12.1 Å². The summed E-state index contributed by atoms with van der Waals surface area (Å²) < 4.78 is 0. The van der Waals surface area contributed by atoms with Gasteiger partial charge in [0, 0.05) is 12.5 Å². The predicted octanol–water partition coefficient (Wildman–Crippen LogP) is -0.631. The van der Waals surface area contributed by atoms with Crippen LogP contribution in [-0.2, 0) is 14.4 Å². The lowest BCUT2D eigenvalue weighted by Gasteiger charge is -2.23. The number of nitrogens with one attached hydrogen (secondary N) is 3. The summed E-state index contributed by atoms with van der Waals surface area (Å²) in [7, 11) is 0. The second kappa shape index (κ2) is 8.27. The van der Waals surface area contributed by atoms with Gasteiger partial charge in [-0.25, -0.2) is 0 Å². The number of halogens is 1. The van der Waals surface area contributed by atoms with Crippen LogP contribution in [0.5, 0.6) is 0 Å². The molecule has 136 valence electrons. The van der Waals surface area contributed by atoms with Crippen molar-refractivity contribution in [1.29, 1.82) is 0 Å². The highest BCUT2D eigenvalue weighted by molar-refractivity contribution is 5.92. The number of aliphatic hydroxyl groups excluding tert-OH is 1. The summed E-state index contributed by atoms with van der Waals surface area (Å²) in [6, 6.07) is -1.04. The number of ketones is 1. The molecule has 3 aliphatic rings. The van der Waals surface area contributed by atoms with Crippen LogP contribution in [0.1, 0.15) is 32.1 Å². The van der Waals surface area contributed by atoms with Crippen molar-refractivity contribution in [2.24, 2.45) is 17.8 Å². The van der Waals surface area contributed by atoms with Gasteiger partial charge >= 0.3 is 0 Å². The Morgan fingerprint density at radius 1 is 1.29 bits per heavy atom. The zero-order valence-corrected chi connectivity index (χ0v) is 14.4. The second-order valence-corrected chi connectivity index (χ2v) is 6.94. The summed E-state index contributed by atoms with van der Waals surface area (Å²) in [6.45, 7) is 0.835. The molecule has 0 unspecified atom stereocenters. The fourth-order valence-electron chi connectivity index (χ4n) is 4.27. The van der Waals surface area contributed by atoms with Crippen molar-refractivity contribution in [1.82, 2.24) is 16.0 Å². The molecule has 0 aromatic rings. The quantitative estimate of drug-likeness (QED) is 0.505. The molecule has 0 aromatic carbocycles. The van der Waals surface area contributed by atoms with Crippen LogP contribution in [0.2, 0.25) is 0 Å². The number of hydrogen-bond acceptors (Lipinski definition) is 5. The van der Waals surface area contributed by atoms with Crippen LogP contribution < -0.4 is 16.0 Å². The lowest BCUT2D eigenvalue weighted by molar-refractivity contribution is -0.132. The van der Waals surface area contributed by atoms with Crippen LogP contribution in [-0.4, -0.2) is 54.5 Å². The smallest absolute Gasteiger partial charge is 0.238 e. The molecule has 1 aliphatic carbocycles.